The van der Waals surface area contributed by atoms with Crippen molar-refractivity contribution in [2.45, 2.75) is 0 Å². The van der Waals surface area contributed by atoms with Crippen molar-refractivity contribution in [3.05, 3.63) is 158 Å². The van der Waals surface area contributed by atoms with Crippen LogP contribution in [0.4, 0.5) is 0 Å². The first-order chi connectivity index (χ1) is 22.8. The number of rotatable bonds is 3. The maximum absolute atomic E-state index is 5.30. The standard InChI is InChI=1S/C42H26N4/c1-3-13-27(14-4-1)41-31-19-9-11-21-34(31)43-42(44-41)46-35-22-12-10-20-32(35)39-37(46)24-23-36-40(39)33-25-28-15-7-8-16-29(28)26-38(33)45(36)30-17-5-2-6-18-30/h1-26H. The zero-order valence-corrected chi connectivity index (χ0v) is 24.8. The van der Waals surface area contributed by atoms with Crippen LogP contribution in [0.5, 0.6) is 0 Å². The molecule has 0 N–H and O–H groups in total. The first-order valence-electron chi connectivity index (χ1n) is 15.6. The molecule has 46 heavy (non-hydrogen) atoms. The summed E-state index contributed by atoms with van der Waals surface area (Å²) in [6.45, 7) is 0. The fourth-order valence-corrected chi connectivity index (χ4v) is 7.30. The van der Waals surface area contributed by atoms with Crippen LogP contribution >= 0.6 is 0 Å². The molecule has 0 spiro atoms. The monoisotopic (exact) mass is 586 g/mol. The van der Waals surface area contributed by atoms with Crippen LogP contribution in [-0.4, -0.2) is 19.1 Å². The van der Waals surface area contributed by atoms with Crippen LogP contribution in [0, 0.1) is 0 Å². The molecule has 0 aliphatic rings. The smallest absolute Gasteiger partial charge is 0.235 e. The Balaban J connectivity index is 1.38. The van der Waals surface area contributed by atoms with Crippen LogP contribution in [0.25, 0.3) is 88.2 Å². The Labute approximate surface area is 264 Å². The van der Waals surface area contributed by atoms with E-state index in [2.05, 4.69) is 155 Å². The molecule has 4 nitrogen and oxygen atoms in total. The lowest BCUT2D eigenvalue weighted by Gasteiger charge is -2.12. The minimum absolute atomic E-state index is 0.667. The Morgan fingerprint density at radius 2 is 1.00 bits per heavy atom. The summed E-state index contributed by atoms with van der Waals surface area (Å²) in [5, 5.41) is 8.36. The van der Waals surface area contributed by atoms with E-state index in [1.165, 1.54) is 43.4 Å². The zero-order valence-electron chi connectivity index (χ0n) is 24.8. The van der Waals surface area contributed by atoms with Crippen molar-refractivity contribution < 1.29 is 0 Å². The van der Waals surface area contributed by atoms with Crippen molar-refractivity contribution in [2.75, 3.05) is 0 Å². The van der Waals surface area contributed by atoms with Crippen LogP contribution in [-0.2, 0) is 0 Å². The predicted octanol–water partition coefficient (Wildman–Crippen LogP) is 10.6. The van der Waals surface area contributed by atoms with E-state index in [9.17, 15) is 0 Å². The van der Waals surface area contributed by atoms with Crippen LogP contribution in [0.3, 0.4) is 0 Å². The van der Waals surface area contributed by atoms with E-state index in [1.54, 1.807) is 0 Å². The Kier molecular flexibility index (Phi) is 5.25. The van der Waals surface area contributed by atoms with Gasteiger partial charge >= 0.3 is 0 Å². The van der Waals surface area contributed by atoms with Gasteiger partial charge in [-0.2, -0.15) is 0 Å². The maximum atomic E-state index is 5.30. The average molecular weight is 587 g/mol. The third-order valence-corrected chi connectivity index (χ3v) is 9.28. The molecule has 10 aromatic rings. The molecular formula is C42H26N4. The molecule has 0 amide bonds. The maximum Gasteiger partial charge on any atom is 0.235 e. The lowest BCUT2D eigenvalue weighted by Crippen LogP contribution is -2.03. The van der Waals surface area contributed by atoms with E-state index in [0.29, 0.717) is 5.95 Å². The molecule has 4 heteroatoms. The first kappa shape index (κ1) is 25.1. The summed E-state index contributed by atoms with van der Waals surface area (Å²) in [6, 6.07) is 55.9. The number of fused-ring (bicyclic) bond motifs is 9. The number of hydrogen-bond donors (Lipinski definition) is 0. The molecule has 0 saturated carbocycles. The molecule has 7 aromatic carbocycles. The van der Waals surface area contributed by atoms with Crippen LogP contribution in [0.1, 0.15) is 0 Å². The molecule has 10 rings (SSSR count). The van der Waals surface area contributed by atoms with Gasteiger partial charge in [0.25, 0.3) is 0 Å². The Morgan fingerprint density at radius 1 is 0.391 bits per heavy atom. The van der Waals surface area contributed by atoms with Crippen molar-refractivity contribution in [3.8, 4) is 22.9 Å². The van der Waals surface area contributed by atoms with E-state index in [0.717, 1.165) is 38.9 Å². The van der Waals surface area contributed by atoms with Gasteiger partial charge in [-0.25, -0.2) is 9.97 Å². The highest BCUT2D eigenvalue weighted by Gasteiger charge is 2.22. The van der Waals surface area contributed by atoms with E-state index in [-0.39, 0.29) is 0 Å². The summed E-state index contributed by atoms with van der Waals surface area (Å²) in [5.74, 6) is 0.667. The lowest BCUT2D eigenvalue weighted by atomic mass is 10.0. The number of para-hydroxylation sites is 3. The third kappa shape index (κ3) is 3.55. The Bertz CT molecular complexity index is 2790. The molecule has 0 unspecified atom stereocenters. The second-order valence-corrected chi connectivity index (χ2v) is 11.8. The number of hydrogen-bond acceptors (Lipinski definition) is 2. The SMILES string of the molecule is c1ccc(-c2nc(-n3c4ccccc4c4c5c6cc7ccccc7cc6n(-c6ccccc6)c5ccc43)nc3ccccc23)cc1. The van der Waals surface area contributed by atoms with Gasteiger partial charge in [0.15, 0.2) is 0 Å². The topological polar surface area (TPSA) is 35.6 Å². The second kappa shape index (κ2) is 9.62. The summed E-state index contributed by atoms with van der Waals surface area (Å²) in [7, 11) is 0. The molecule has 3 heterocycles. The van der Waals surface area contributed by atoms with E-state index < -0.39 is 0 Å². The first-order valence-corrected chi connectivity index (χ1v) is 15.6. The van der Waals surface area contributed by atoms with Crippen molar-refractivity contribution in [1.82, 2.24) is 19.1 Å². The molecule has 0 aliphatic heterocycles. The molecule has 214 valence electrons. The van der Waals surface area contributed by atoms with E-state index in [4.69, 9.17) is 9.97 Å². The zero-order chi connectivity index (χ0) is 30.2. The summed E-state index contributed by atoms with van der Waals surface area (Å²) < 4.78 is 4.65. The third-order valence-electron chi connectivity index (χ3n) is 9.28. The highest BCUT2D eigenvalue weighted by Crippen LogP contribution is 2.43. The van der Waals surface area contributed by atoms with Gasteiger partial charge in [-0.3, -0.25) is 4.57 Å². The summed E-state index contributed by atoms with van der Waals surface area (Å²) in [6.07, 6.45) is 0. The van der Waals surface area contributed by atoms with Crippen LogP contribution in [0.2, 0.25) is 0 Å². The molecule has 0 radical (unpaired) electrons. The number of aromatic nitrogens is 4. The van der Waals surface area contributed by atoms with Gasteiger partial charge in [0.2, 0.25) is 5.95 Å². The van der Waals surface area contributed by atoms with Crippen molar-refractivity contribution in [2.24, 2.45) is 0 Å². The van der Waals surface area contributed by atoms with Gasteiger partial charge in [-0.1, -0.05) is 109 Å². The van der Waals surface area contributed by atoms with Gasteiger partial charge in [0, 0.05) is 38.2 Å². The number of benzene rings is 7. The molecule has 0 aliphatic carbocycles. The largest absolute Gasteiger partial charge is 0.309 e. The van der Waals surface area contributed by atoms with Crippen molar-refractivity contribution in [3.63, 3.8) is 0 Å². The number of nitrogens with zero attached hydrogens (tertiary/aromatic N) is 4. The summed E-state index contributed by atoms with van der Waals surface area (Å²) in [5.41, 5.74) is 8.61. The van der Waals surface area contributed by atoms with Crippen molar-refractivity contribution in [1.29, 1.82) is 0 Å². The summed E-state index contributed by atoms with van der Waals surface area (Å²) in [4.78, 5) is 10.5. The van der Waals surface area contributed by atoms with Crippen molar-refractivity contribution >= 4 is 65.3 Å². The molecule has 0 fully saturated rings. The molecule has 3 aromatic heterocycles. The molecule has 0 bridgehead atoms. The molecular weight excluding hydrogens is 560 g/mol. The van der Waals surface area contributed by atoms with Gasteiger partial charge in [-0.15, -0.1) is 0 Å². The lowest BCUT2D eigenvalue weighted by molar-refractivity contribution is 1.01. The Morgan fingerprint density at radius 3 is 1.80 bits per heavy atom. The second-order valence-electron chi connectivity index (χ2n) is 11.8. The molecule has 0 saturated heterocycles. The average Bonchev–Trinajstić information content (AvgIpc) is 3.63. The van der Waals surface area contributed by atoms with Gasteiger partial charge in [0.1, 0.15) is 0 Å². The highest BCUT2D eigenvalue weighted by molar-refractivity contribution is 6.29. The summed E-state index contributed by atoms with van der Waals surface area (Å²) >= 11 is 0. The van der Waals surface area contributed by atoms with E-state index in [1.807, 2.05) is 12.1 Å². The highest BCUT2D eigenvalue weighted by atomic mass is 15.2. The predicted molar refractivity (Wildman–Crippen MR) is 191 cm³/mol. The van der Waals surface area contributed by atoms with Crippen LogP contribution < -0.4 is 0 Å². The Hall–Kier alpha value is -6.26. The normalized spacial score (nSPS) is 11.9. The van der Waals surface area contributed by atoms with E-state index >= 15 is 0 Å². The fourth-order valence-electron chi connectivity index (χ4n) is 7.30. The van der Waals surface area contributed by atoms with Gasteiger partial charge in [0.05, 0.1) is 33.3 Å². The minimum atomic E-state index is 0.667. The quantitative estimate of drug-likeness (QED) is 0.206. The molecule has 0 atom stereocenters. The van der Waals surface area contributed by atoms with Gasteiger partial charge in [-0.05, 0) is 59.3 Å². The minimum Gasteiger partial charge on any atom is -0.309 e. The van der Waals surface area contributed by atoms with Gasteiger partial charge < -0.3 is 4.57 Å². The van der Waals surface area contributed by atoms with Crippen LogP contribution in [0.15, 0.2) is 158 Å². The fraction of sp³-hybridized carbons (Fsp3) is 0.